The molecule has 1 aliphatic heterocycles. The number of aromatic nitrogens is 1. The molecule has 26 heavy (non-hydrogen) atoms. The molecule has 0 radical (unpaired) electrons. The Bertz CT molecular complexity index is 960. The van der Waals surface area contributed by atoms with Gasteiger partial charge in [-0.1, -0.05) is 17.7 Å². The number of thiophene rings is 1. The first-order chi connectivity index (χ1) is 12.6. The minimum absolute atomic E-state index is 0.123. The number of hydrogen-bond acceptors (Lipinski definition) is 4. The van der Waals surface area contributed by atoms with Crippen LogP contribution < -0.4 is 10.2 Å². The molecule has 3 heterocycles. The number of anilines is 1. The van der Waals surface area contributed by atoms with E-state index in [4.69, 9.17) is 23.8 Å². The molecule has 0 spiro atoms. The fourth-order valence-corrected chi connectivity index (χ4v) is 4.82. The molecule has 4 rings (SSSR count). The lowest BCUT2D eigenvalue weighted by molar-refractivity contribution is 0.473. The number of phenolic OH excluding ortho intramolecular Hbond substituents is 1. The topological polar surface area (TPSA) is 48.4 Å². The molecule has 4 nitrogen and oxygen atoms in total. The first kappa shape index (κ1) is 17.3. The summed E-state index contributed by atoms with van der Waals surface area (Å²) in [5.41, 5.74) is 2.67. The molecule has 132 valence electrons. The minimum atomic E-state index is -0.126. The normalized spacial score (nSPS) is 19.6. The van der Waals surface area contributed by atoms with Crippen molar-refractivity contribution in [3.8, 4) is 5.75 Å². The fourth-order valence-electron chi connectivity index (χ4n) is 3.26. The van der Waals surface area contributed by atoms with E-state index in [1.54, 1.807) is 35.7 Å². The standard InChI is InChI=1S/C19H16ClN3OS2/c1-11-7-9-26-18(11)17-16(13-4-2-3-8-21-13)22-19(25)23(17)14-10-12(20)5-6-15(14)24/h2-10,16-17,24H,1H3,(H,22,25)/t16-,17+/m0/s1. The van der Waals surface area contributed by atoms with Crippen LogP contribution in [0.3, 0.4) is 0 Å². The van der Waals surface area contributed by atoms with Crippen molar-refractivity contribution in [2.45, 2.75) is 19.0 Å². The SMILES string of the molecule is Cc1ccsc1[C@H]1[C@H](c2ccccn2)NC(=S)N1c1cc(Cl)ccc1O. The van der Waals surface area contributed by atoms with E-state index in [1.807, 2.05) is 23.1 Å². The summed E-state index contributed by atoms with van der Waals surface area (Å²) in [6.07, 6.45) is 1.78. The summed E-state index contributed by atoms with van der Waals surface area (Å²) in [6, 6.07) is 12.7. The summed E-state index contributed by atoms with van der Waals surface area (Å²) in [6.45, 7) is 2.08. The Hall–Kier alpha value is -2.15. The Morgan fingerprint density at radius 2 is 2.12 bits per heavy atom. The number of thiocarbonyl (C=S) groups is 1. The van der Waals surface area contributed by atoms with Gasteiger partial charge in [-0.15, -0.1) is 11.3 Å². The van der Waals surface area contributed by atoms with Gasteiger partial charge in [0.15, 0.2) is 5.11 Å². The molecule has 0 unspecified atom stereocenters. The second kappa shape index (κ2) is 6.87. The average molecular weight is 402 g/mol. The summed E-state index contributed by atoms with van der Waals surface area (Å²) >= 11 is 13.5. The van der Waals surface area contributed by atoms with Crippen molar-refractivity contribution in [2.75, 3.05) is 4.90 Å². The highest BCUT2D eigenvalue weighted by atomic mass is 35.5. The Morgan fingerprint density at radius 1 is 1.27 bits per heavy atom. The highest BCUT2D eigenvalue weighted by molar-refractivity contribution is 7.80. The van der Waals surface area contributed by atoms with Gasteiger partial charge in [-0.3, -0.25) is 4.98 Å². The Kier molecular flexibility index (Phi) is 4.56. The van der Waals surface area contributed by atoms with Gasteiger partial charge in [0, 0.05) is 16.1 Å². The van der Waals surface area contributed by atoms with Crippen molar-refractivity contribution >= 4 is 46.0 Å². The quantitative estimate of drug-likeness (QED) is 0.605. The number of aryl methyl sites for hydroxylation is 1. The van der Waals surface area contributed by atoms with Crippen LogP contribution in [0.1, 0.15) is 28.2 Å². The molecular weight excluding hydrogens is 386 g/mol. The fraction of sp³-hybridized carbons (Fsp3) is 0.158. The molecule has 3 aromatic rings. The first-order valence-corrected chi connectivity index (χ1v) is 9.76. The highest BCUT2D eigenvalue weighted by Crippen LogP contribution is 2.46. The van der Waals surface area contributed by atoms with Crippen LogP contribution in [0.5, 0.6) is 5.75 Å². The van der Waals surface area contributed by atoms with Crippen molar-refractivity contribution in [1.29, 1.82) is 0 Å². The number of halogens is 1. The van der Waals surface area contributed by atoms with Gasteiger partial charge in [0.05, 0.1) is 23.5 Å². The summed E-state index contributed by atoms with van der Waals surface area (Å²) in [7, 11) is 0. The number of hydrogen-bond donors (Lipinski definition) is 2. The highest BCUT2D eigenvalue weighted by Gasteiger charge is 2.42. The maximum Gasteiger partial charge on any atom is 0.174 e. The van der Waals surface area contributed by atoms with Crippen molar-refractivity contribution in [2.24, 2.45) is 0 Å². The van der Waals surface area contributed by atoms with E-state index in [1.165, 1.54) is 10.4 Å². The van der Waals surface area contributed by atoms with Gasteiger partial charge in [-0.25, -0.2) is 0 Å². The lowest BCUT2D eigenvalue weighted by Crippen LogP contribution is -2.29. The molecule has 1 aliphatic rings. The number of pyridine rings is 1. The van der Waals surface area contributed by atoms with Crippen LogP contribution >= 0.6 is 35.2 Å². The monoisotopic (exact) mass is 401 g/mol. The number of nitrogens with one attached hydrogen (secondary N) is 1. The van der Waals surface area contributed by atoms with E-state index in [9.17, 15) is 5.11 Å². The van der Waals surface area contributed by atoms with Gasteiger partial charge in [-0.05, 0) is 66.5 Å². The summed E-state index contributed by atoms with van der Waals surface area (Å²) < 4.78 is 0. The molecule has 0 saturated carbocycles. The van der Waals surface area contributed by atoms with E-state index in [0.29, 0.717) is 15.8 Å². The molecule has 0 aliphatic carbocycles. The Balaban J connectivity index is 1.88. The molecule has 2 atom stereocenters. The van der Waals surface area contributed by atoms with E-state index in [0.717, 1.165) is 5.69 Å². The van der Waals surface area contributed by atoms with Gasteiger partial charge in [-0.2, -0.15) is 0 Å². The molecule has 1 saturated heterocycles. The Morgan fingerprint density at radius 3 is 2.81 bits per heavy atom. The number of benzene rings is 1. The molecule has 1 aromatic carbocycles. The molecule has 7 heteroatoms. The molecule has 2 N–H and O–H groups in total. The lowest BCUT2D eigenvalue weighted by Gasteiger charge is -2.28. The van der Waals surface area contributed by atoms with Gasteiger partial charge in [0.1, 0.15) is 5.75 Å². The van der Waals surface area contributed by atoms with Crippen LogP contribution in [0.4, 0.5) is 5.69 Å². The van der Waals surface area contributed by atoms with Crippen LogP contribution in [-0.4, -0.2) is 15.2 Å². The van der Waals surface area contributed by atoms with E-state index < -0.39 is 0 Å². The molecule has 1 fully saturated rings. The van der Waals surface area contributed by atoms with Gasteiger partial charge in [0.2, 0.25) is 0 Å². The zero-order valence-corrected chi connectivity index (χ0v) is 16.3. The number of phenols is 1. The van der Waals surface area contributed by atoms with Crippen molar-refractivity contribution in [3.05, 3.63) is 75.2 Å². The maximum atomic E-state index is 10.5. The average Bonchev–Trinajstić information content (AvgIpc) is 3.20. The number of rotatable bonds is 3. The van der Waals surface area contributed by atoms with Crippen LogP contribution in [0.15, 0.2) is 54.0 Å². The number of aromatic hydroxyl groups is 1. The van der Waals surface area contributed by atoms with Crippen LogP contribution in [0.2, 0.25) is 5.02 Å². The largest absolute Gasteiger partial charge is 0.506 e. The van der Waals surface area contributed by atoms with Gasteiger partial charge in [0.25, 0.3) is 0 Å². The summed E-state index contributed by atoms with van der Waals surface area (Å²) in [4.78, 5) is 7.63. The minimum Gasteiger partial charge on any atom is -0.506 e. The lowest BCUT2D eigenvalue weighted by atomic mass is 10.0. The molecular formula is C19H16ClN3OS2. The predicted octanol–water partition coefficient (Wildman–Crippen LogP) is 4.99. The first-order valence-electron chi connectivity index (χ1n) is 8.09. The second-order valence-corrected chi connectivity index (χ2v) is 7.87. The molecule has 2 aromatic heterocycles. The van der Waals surface area contributed by atoms with E-state index in [-0.39, 0.29) is 17.8 Å². The second-order valence-electron chi connectivity index (χ2n) is 6.10. The zero-order valence-electron chi connectivity index (χ0n) is 13.9. The summed E-state index contributed by atoms with van der Waals surface area (Å²) in [5, 5.41) is 17.0. The van der Waals surface area contributed by atoms with Crippen LogP contribution in [0.25, 0.3) is 0 Å². The van der Waals surface area contributed by atoms with E-state index in [2.05, 4.69) is 28.7 Å². The van der Waals surface area contributed by atoms with Crippen molar-refractivity contribution < 1.29 is 5.11 Å². The van der Waals surface area contributed by atoms with Crippen molar-refractivity contribution in [1.82, 2.24) is 10.3 Å². The van der Waals surface area contributed by atoms with Crippen LogP contribution in [0, 0.1) is 6.92 Å². The van der Waals surface area contributed by atoms with Gasteiger partial charge < -0.3 is 15.3 Å². The smallest absolute Gasteiger partial charge is 0.174 e. The van der Waals surface area contributed by atoms with Crippen molar-refractivity contribution in [3.63, 3.8) is 0 Å². The zero-order chi connectivity index (χ0) is 18.3. The maximum absolute atomic E-state index is 10.5. The summed E-state index contributed by atoms with van der Waals surface area (Å²) in [5.74, 6) is 0.138. The van der Waals surface area contributed by atoms with E-state index >= 15 is 0 Å². The molecule has 0 amide bonds. The predicted molar refractivity (Wildman–Crippen MR) is 110 cm³/mol. The number of nitrogens with zero attached hydrogens (tertiary/aromatic N) is 2. The third kappa shape index (κ3) is 2.94. The Labute approximate surface area is 166 Å². The van der Waals surface area contributed by atoms with Gasteiger partial charge >= 0.3 is 0 Å². The third-order valence-corrected chi connectivity index (χ3v) is 6.10. The third-order valence-electron chi connectivity index (χ3n) is 4.47. The van der Waals surface area contributed by atoms with Crippen LogP contribution in [-0.2, 0) is 0 Å². The molecule has 0 bridgehead atoms.